The Labute approximate surface area is 139 Å². The fraction of sp³-hybridized carbons (Fsp3) is 0.278. The molecular weight excluding hydrogens is 302 g/mol. The molecule has 3 aromatic rings. The summed E-state index contributed by atoms with van der Waals surface area (Å²) in [7, 11) is 0. The lowest BCUT2D eigenvalue weighted by atomic mass is 9.98. The number of fused-ring (bicyclic) bond motifs is 1. The Morgan fingerprint density at radius 3 is 2.67 bits per heavy atom. The first kappa shape index (κ1) is 14.7. The topological polar surface area (TPSA) is 77.8 Å². The highest BCUT2D eigenvalue weighted by molar-refractivity contribution is 6.02. The molecule has 6 nitrogen and oxygen atoms in total. The van der Waals surface area contributed by atoms with Crippen LogP contribution in [0.1, 0.15) is 11.4 Å². The third-order valence-corrected chi connectivity index (χ3v) is 4.36. The summed E-state index contributed by atoms with van der Waals surface area (Å²) in [5.41, 5.74) is 4.85. The molecule has 1 fully saturated rings. The summed E-state index contributed by atoms with van der Waals surface area (Å²) in [5, 5.41) is 17.9. The Hall–Kier alpha value is -2.91. The number of anilines is 1. The van der Waals surface area contributed by atoms with Crippen LogP contribution in [0, 0.1) is 18.3 Å². The fourth-order valence-corrected chi connectivity index (χ4v) is 3.25. The zero-order valence-corrected chi connectivity index (χ0v) is 13.4. The molecule has 0 aliphatic carbocycles. The van der Waals surface area contributed by atoms with E-state index in [4.69, 9.17) is 4.74 Å². The van der Waals surface area contributed by atoms with Gasteiger partial charge in [-0.1, -0.05) is 30.3 Å². The maximum absolute atomic E-state index is 9.68. The zero-order chi connectivity index (χ0) is 16.5. The number of nitrogens with one attached hydrogen (secondary N) is 1. The second-order valence-electron chi connectivity index (χ2n) is 5.79. The third-order valence-electron chi connectivity index (χ3n) is 4.36. The average Bonchev–Trinajstić information content (AvgIpc) is 3.02. The normalized spacial score (nSPS) is 14.8. The number of hydrogen-bond acceptors (Lipinski definition) is 5. The molecule has 0 amide bonds. The molecule has 0 bridgehead atoms. The first-order valence-corrected chi connectivity index (χ1v) is 7.96. The van der Waals surface area contributed by atoms with Gasteiger partial charge in [0.15, 0.2) is 11.3 Å². The molecular formula is C18H17N5O. The number of nitrogens with zero attached hydrogens (tertiary/aromatic N) is 4. The highest BCUT2D eigenvalue weighted by atomic mass is 16.5. The van der Waals surface area contributed by atoms with Crippen molar-refractivity contribution in [1.29, 1.82) is 5.26 Å². The van der Waals surface area contributed by atoms with Crippen molar-refractivity contribution < 1.29 is 4.74 Å². The van der Waals surface area contributed by atoms with Crippen molar-refractivity contribution in [3.63, 3.8) is 0 Å². The van der Waals surface area contributed by atoms with Crippen molar-refractivity contribution in [2.24, 2.45) is 0 Å². The zero-order valence-electron chi connectivity index (χ0n) is 13.4. The number of aromatic amines is 1. The van der Waals surface area contributed by atoms with Crippen LogP contribution in [0.5, 0.6) is 0 Å². The van der Waals surface area contributed by atoms with Gasteiger partial charge in [0, 0.05) is 18.7 Å². The first-order valence-electron chi connectivity index (χ1n) is 7.96. The van der Waals surface area contributed by atoms with E-state index in [2.05, 4.69) is 26.2 Å². The lowest BCUT2D eigenvalue weighted by molar-refractivity contribution is 0.123. The quantitative estimate of drug-likeness (QED) is 0.785. The maximum Gasteiger partial charge on any atom is 0.159 e. The van der Waals surface area contributed by atoms with Gasteiger partial charge in [-0.3, -0.25) is 5.10 Å². The van der Waals surface area contributed by atoms with Crippen molar-refractivity contribution in [2.75, 3.05) is 31.2 Å². The van der Waals surface area contributed by atoms with Gasteiger partial charge in [0.25, 0.3) is 0 Å². The number of hydrogen-bond donors (Lipinski definition) is 1. The molecule has 3 heterocycles. The van der Waals surface area contributed by atoms with E-state index in [-0.39, 0.29) is 0 Å². The van der Waals surface area contributed by atoms with E-state index in [0.29, 0.717) is 24.6 Å². The number of rotatable bonds is 2. The van der Waals surface area contributed by atoms with Gasteiger partial charge in [-0.25, -0.2) is 4.98 Å². The summed E-state index contributed by atoms with van der Waals surface area (Å²) in [5.74, 6) is 0. The molecule has 6 heteroatoms. The number of aryl methyl sites for hydroxylation is 1. The highest BCUT2D eigenvalue weighted by Gasteiger charge is 2.25. The second kappa shape index (κ2) is 5.95. The van der Waals surface area contributed by atoms with Crippen molar-refractivity contribution in [3.05, 3.63) is 41.7 Å². The standard InChI is InChI=1S/C18H17N5O/c1-12-15-17(23-7-9-24-10-8-23)16(13-5-3-2-4-6-13)14(11-19)20-18(15)22-21-12/h2-6H,7-10H2,1H3,(H,20,21,22). The summed E-state index contributed by atoms with van der Waals surface area (Å²) >= 11 is 0. The number of pyridine rings is 1. The summed E-state index contributed by atoms with van der Waals surface area (Å²) < 4.78 is 5.50. The van der Waals surface area contributed by atoms with Crippen molar-refractivity contribution >= 4 is 16.7 Å². The van der Waals surface area contributed by atoms with E-state index in [1.165, 1.54) is 0 Å². The van der Waals surface area contributed by atoms with Gasteiger partial charge in [-0.05, 0) is 12.5 Å². The first-order chi connectivity index (χ1) is 11.8. The molecule has 0 atom stereocenters. The number of benzene rings is 1. The molecule has 0 saturated carbocycles. The van der Waals surface area contributed by atoms with Gasteiger partial charge in [0.05, 0.1) is 30.0 Å². The van der Waals surface area contributed by atoms with E-state index in [1.807, 2.05) is 37.3 Å². The van der Waals surface area contributed by atoms with Gasteiger partial charge in [0.1, 0.15) is 6.07 Å². The van der Waals surface area contributed by atoms with Crippen LogP contribution in [0.15, 0.2) is 30.3 Å². The van der Waals surface area contributed by atoms with E-state index >= 15 is 0 Å². The number of H-pyrrole nitrogens is 1. The SMILES string of the molecule is Cc1n[nH]c2nc(C#N)c(-c3ccccc3)c(N3CCOCC3)c12. The molecule has 1 aromatic carbocycles. The molecule has 2 aromatic heterocycles. The molecule has 1 aliphatic heterocycles. The average molecular weight is 319 g/mol. The Balaban J connectivity index is 2.07. The summed E-state index contributed by atoms with van der Waals surface area (Å²) in [6.45, 7) is 4.89. The van der Waals surface area contributed by atoms with E-state index in [0.717, 1.165) is 41.0 Å². The minimum absolute atomic E-state index is 0.416. The van der Waals surface area contributed by atoms with Crippen LogP contribution in [-0.4, -0.2) is 41.5 Å². The molecule has 24 heavy (non-hydrogen) atoms. The molecule has 1 aliphatic rings. The Morgan fingerprint density at radius 1 is 1.21 bits per heavy atom. The van der Waals surface area contributed by atoms with Crippen LogP contribution in [0.2, 0.25) is 0 Å². The molecule has 1 saturated heterocycles. The lowest BCUT2D eigenvalue weighted by Gasteiger charge is -2.31. The number of ether oxygens (including phenoxy) is 1. The van der Waals surface area contributed by atoms with Crippen molar-refractivity contribution in [2.45, 2.75) is 6.92 Å². The van der Waals surface area contributed by atoms with Gasteiger partial charge < -0.3 is 9.64 Å². The van der Waals surface area contributed by atoms with Crippen molar-refractivity contribution in [1.82, 2.24) is 15.2 Å². The maximum atomic E-state index is 9.68. The van der Waals surface area contributed by atoms with Crippen LogP contribution in [0.3, 0.4) is 0 Å². The Bertz CT molecular complexity index is 920. The van der Waals surface area contributed by atoms with Gasteiger partial charge in [-0.2, -0.15) is 10.4 Å². The van der Waals surface area contributed by atoms with Gasteiger partial charge >= 0.3 is 0 Å². The molecule has 0 radical (unpaired) electrons. The van der Waals surface area contributed by atoms with E-state index in [9.17, 15) is 5.26 Å². The number of morpholine rings is 1. The van der Waals surface area contributed by atoms with Crippen LogP contribution in [0.25, 0.3) is 22.2 Å². The number of aromatic nitrogens is 3. The molecule has 120 valence electrons. The largest absolute Gasteiger partial charge is 0.378 e. The molecule has 0 unspecified atom stereocenters. The Kier molecular flexibility index (Phi) is 3.63. The predicted molar refractivity (Wildman–Crippen MR) is 91.8 cm³/mol. The summed E-state index contributed by atoms with van der Waals surface area (Å²) in [6.07, 6.45) is 0. The monoisotopic (exact) mass is 319 g/mol. The number of nitriles is 1. The summed E-state index contributed by atoms with van der Waals surface area (Å²) in [6, 6.07) is 12.2. The fourth-order valence-electron chi connectivity index (χ4n) is 3.25. The van der Waals surface area contributed by atoms with Crippen LogP contribution in [0.4, 0.5) is 5.69 Å². The van der Waals surface area contributed by atoms with E-state index < -0.39 is 0 Å². The predicted octanol–water partition coefficient (Wildman–Crippen LogP) is 2.64. The Morgan fingerprint density at radius 2 is 1.96 bits per heavy atom. The smallest absolute Gasteiger partial charge is 0.159 e. The van der Waals surface area contributed by atoms with Crippen molar-refractivity contribution in [3.8, 4) is 17.2 Å². The van der Waals surface area contributed by atoms with Crippen LogP contribution >= 0.6 is 0 Å². The van der Waals surface area contributed by atoms with Crippen LogP contribution < -0.4 is 4.90 Å². The minimum Gasteiger partial charge on any atom is -0.378 e. The minimum atomic E-state index is 0.416. The second-order valence-corrected chi connectivity index (χ2v) is 5.79. The third kappa shape index (κ3) is 2.30. The highest BCUT2D eigenvalue weighted by Crippen LogP contribution is 2.39. The lowest BCUT2D eigenvalue weighted by Crippen LogP contribution is -2.36. The molecule has 1 N–H and O–H groups in total. The van der Waals surface area contributed by atoms with Gasteiger partial charge in [0.2, 0.25) is 0 Å². The van der Waals surface area contributed by atoms with E-state index in [1.54, 1.807) is 0 Å². The van der Waals surface area contributed by atoms with Crippen LogP contribution in [-0.2, 0) is 4.74 Å². The molecule has 4 rings (SSSR count). The van der Waals surface area contributed by atoms with Gasteiger partial charge in [-0.15, -0.1) is 0 Å². The summed E-state index contributed by atoms with van der Waals surface area (Å²) in [4.78, 5) is 6.79. The molecule has 0 spiro atoms.